The summed E-state index contributed by atoms with van der Waals surface area (Å²) in [4.78, 5) is 14.3. The molecule has 1 aromatic rings. The largest absolute Gasteiger partial charge is 0.497 e. The van der Waals surface area contributed by atoms with Gasteiger partial charge in [0.2, 0.25) is 0 Å². The van der Waals surface area contributed by atoms with E-state index in [1.807, 2.05) is 17.0 Å². The molecule has 1 N–H and O–H groups in total. The molecule has 2 amide bonds. The monoisotopic (exact) mass is 304 g/mol. The molecule has 1 heterocycles. The molecule has 22 heavy (non-hydrogen) atoms. The molecule has 0 spiro atoms. The number of nitrogens with one attached hydrogen (secondary N) is 1. The van der Waals surface area contributed by atoms with Gasteiger partial charge in [-0.25, -0.2) is 4.79 Å². The molecular formula is C18H28N2O2. The Morgan fingerprint density at radius 1 is 1.36 bits per heavy atom. The van der Waals surface area contributed by atoms with Crippen LogP contribution in [0.1, 0.15) is 45.1 Å². The highest BCUT2D eigenvalue weighted by molar-refractivity contribution is 5.74. The fourth-order valence-corrected chi connectivity index (χ4v) is 2.94. The van der Waals surface area contributed by atoms with Crippen molar-refractivity contribution in [1.29, 1.82) is 0 Å². The van der Waals surface area contributed by atoms with Crippen LogP contribution >= 0.6 is 0 Å². The van der Waals surface area contributed by atoms with E-state index < -0.39 is 0 Å². The standard InChI is InChI=1S/C18H28N2O2/c1-14(7-8-16-9-11-17(22-3)12-10-16)19-18(21)20-13-5-4-6-15(20)2/h9-12,14-15H,4-8,13H2,1-3H3,(H,19,21). The van der Waals surface area contributed by atoms with E-state index in [0.717, 1.165) is 38.0 Å². The van der Waals surface area contributed by atoms with Crippen LogP contribution in [-0.4, -0.2) is 36.7 Å². The number of methoxy groups -OCH3 is 1. The lowest BCUT2D eigenvalue weighted by Crippen LogP contribution is -2.49. The first kappa shape index (κ1) is 16.7. The Labute approximate surface area is 133 Å². The first-order chi connectivity index (χ1) is 10.6. The molecule has 1 saturated heterocycles. The number of ether oxygens (including phenoxy) is 1. The molecule has 2 unspecified atom stereocenters. The van der Waals surface area contributed by atoms with E-state index in [2.05, 4.69) is 31.3 Å². The van der Waals surface area contributed by atoms with Crippen LogP contribution in [0.4, 0.5) is 4.79 Å². The number of hydrogen-bond acceptors (Lipinski definition) is 2. The van der Waals surface area contributed by atoms with Gasteiger partial charge in [0.05, 0.1) is 7.11 Å². The predicted molar refractivity (Wildman–Crippen MR) is 89.3 cm³/mol. The van der Waals surface area contributed by atoms with Crippen molar-refractivity contribution in [2.75, 3.05) is 13.7 Å². The van der Waals surface area contributed by atoms with E-state index in [1.54, 1.807) is 7.11 Å². The van der Waals surface area contributed by atoms with Gasteiger partial charge in [0.1, 0.15) is 5.75 Å². The van der Waals surface area contributed by atoms with Crippen molar-refractivity contribution < 1.29 is 9.53 Å². The number of hydrogen-bond donors (Lipinski definition) is 1. The van der Waals surface area contributed by atoms with Gasteiger partial charge in [-0.2, -0.15) is 0 Å². The van der Waals surface area contributed by atoms with Gasteiger partial charge < -0.3 is 15.0 Å². The SMILES string of the molecule is COc1ccc(CCC(C)NC(=O)N2CCCCC2C)cc1. The number of likely N-dealkylation sites (tertiary alicyclic amines) is 1. The first-order valence-corrected chi connectivity index (χ1v) is 8.30. The van der Waals surface area contributed by atoms with Gasteiger partial charge in [-0.3, -0.25) is 0 Å². The number of rotatable bonds is 5. The molecule has 0 bridgehead atoms. The minimum Gasteiger partial charge on any atom is -0.497 e. The summed E-state index contributed by atoms with van der Waals surface area (Å²) in [6.07, 6.45) is 5.38. The number of benzene rings is 1. The van der Waals surface area contributed by atoms with Crippen molar-refractivity contribution in [2.45, 2.75) is 58.0 Å². The molecule has 0 aliphatic carbocycles. The van der Waals surface area contributed by atoms with Gasteiger partial charge in [-0.05, 0) is 63.6 Å². The smallest absolute Gasteiger partial charge is 0.317 e. The zero-order valence-corrected chi connectivity index (χ0v) is 14.0. The van der Waals surface area contributed by atoms with Crippen LogP contribution in [0.5, 0.6) is 5.75 Å². The number of carbonyl (C=O) groups is 1. The minimum absolute atomic E-state index is 0.0921. The van der Waals surface area contributed by atoms with E-state index in [9.17, 15) is 4.79 Å². The Hall–Kier alpha value is -1.71. The highest BCUT2D eigenvalue weighted by Gasteiger charge is 2.23. The fourth-order valence-electron chi connectivity index (χ4n) is 2.94. The van der Waals surface area contributed by atoms with E-state index in [1.165, 1.54) is 12.0 Å². The van der Waals surface area contributed by atoms with Crippen LogP contribution < -0.4 is 10.1 Å². The average molecular weight is 304 g/mol. The Bertz CT molecular complexity index is 472. The minimum atomic E-state index is 0.0921. The molecule has 1 fully saturated rings. The second-order valence-electron chi connectivity index (χ2n) is 6.28. The maximum atomic E-state index is 12.3. The highest BCUT2D eigenvalue weighted by atomic mass is 16.5. The Balaban J connectivity index is 1.76. The van der Waals surface area contributed by atoms with Crippen LogP contribution in [0, 0.1) is 0 Å². The maximum Gasteiger partial charge on any atom is 0.317 e. The Kier molecular flexibility index (Phi) is 6.10. The molecule has 1 aliphatic heterocycles. The third kappa shape index (κ3) is 4.65. The summed E-state index contributed by atoms with van der Waals surface area (Å²) in [5.41, 5.74) is 1.27. The average Bonchev–Trinajstić information content (AvgIpc) is 2.53. The van der Waals surface area contributed by atoms with Gasteiger partial charge in [0, 0.05) is 18.6 Å². The topological polar surface area (TPSA) is 41.6 Å². The van der Waals surface area contributed by atoms with Crippen LogP contribution in [0.3, 0.4) is 0 Å². The Morgan fingerprint density at radius 3 is 2.73 bits per heavy atom. The molecule has 2 atom stereocenters. The molecule has 0 saturated carbocycles. The van der Waals surface area contributed by atoms with Crippen molar-refractivity contribution in [3.05, 3.63) is 29.8 Å². The zero-order chi connectivity index (χ0) is 15.9. The molecule has 0 radical (unpaired) electrons. The number of urea groups is 1. The molecule has 0 aromatic heterocycles. The van der Waals surface area contributed by atoms with Crippen molar-refractivity contribution in [2.24, 2.45) is 0 Å². The zero-order valence-electron chi connectivity index (χ0n) is 14.0. The predicted octanol–water partition coefficient (Wildman–Crippen LogP) is 3.60. The van der Waals surface area contributed by atoms with Crippen molar-refractivity contribution in [3.8, 4) is 5.75 Å². The number of amides is 2. The lowest BCUT2D eigenvalue weighted by atomic mass is 10.0. The summed E-state index contributed by atoms with van der Waals surface area (Å²) in [7, 11) is 1.67. The van der Waals surface area contributed by atoms with Crippen LogP contribution in [0.15, 0.2) is 24.3 Å². The second-order valence-corrected chi connectivity index (χ2v) is 6.28. The molecule has 4 heteroatoms. The van der Waals surface area contributed by atoms with E-state index in [-0.39, 0.29) is 12.1 Å². The molecule has 4 nitrogen and oxygen atoms in total. The summed E-state index contributed by atoms with van der Waals surface area (Å²) in [5, 5.41) is 3.14. The second kappa shape index (κ2) is 8.06. The lowest BCUT2D eigenvalue weighted by Gasteiger charge is -2.34. The first-order valence-electron chi connectivity index (χ1n) is 8.30. The summed E-state index contributed by atoms with van der Waals surface area (Å²) in [6, 6.07) is 8.77. The van der Waals surface area contributed by atoms with E-state index in [4.69, 9.17) is 4.74 Å². The number of nitrogens with zero attached hydrogens (tertiary/aromatic N) is 1. The van der Waals surface area contributed by atoms with Gasteiger partial charge in [0.25, 0.3) is 0 Å². The normalized spacial score (nSPS) is 19.6. The highest BCUT2D eigenvalue weighted by Crippen LogP contribution is 2.17. The van der Waals surface area contributed by atoms with Crippen molar-refractivity contribution in [1.82, 2.24) is 10.2 Å². The molecule has 1 aromatic carbocycles. The Morgan fingerprint density at radius 2 is 2.09 bits per heavy atom. The number of aryl methyl sites for hydroxylation is 1. The molecule has 1 aliphatic rings. The molecule has 122 valence electrons. The third-order valence-electron chi connectivity index (χ3n) is 4.46. The molecule has 2 rings (SSSR count). The number of piperidine rings is 1. The summed E-state index contributed by atoms with van der Waals surface area (Å²) < 4.78 is 5.16. The van der Waals surface area contributed by atoms with Gasteiger partial charge in [-0.15, -0.1) is 0 Å². The fraction of sp³-hybridized carbons (Fsp3) is 0.611. The maximum absolute atomic E-state index is 12.3. The van der Waals surface area contributed by atoms with Crippen molar-refractivity contribution in [3.63, 3.8) is 0 Å². The van der Waals surface area contributed by atoms with E-state index in [0.29, 0.717) is 6.04 Å². The van der Waals surface area contributed by atoms with Crippen molar-refractivity contribution >= 4 is 6.03 Å². The van der Waals surface area contributed by atoms with Gasteiger partial charge >= 0.3 is 6.03 Å². The lowest BCUT2D eigenvalue weighted by molar-refractivity contribution is 0.155. The quantitative estimate of drug-likeness (QED) is 0.903. The summed E-state index contributed by atoms with van der Waals surface area (Å²) in [5.74, 6) is 0.879. The van der Waals surface area contributed by atoms with E-state index >= 15 is 0 Å². The molecular weight excluding hydrogens is 276 g/mol. The van der Waals surface area contributed by atoms with Gasteiger partial charge in [-0.1, -0.05) is 12.1 Å². The van der Waals surface area contributed by atoms with Crippen LogP contribution in [0.25, 0.3) is 0 Å². The third-order valence-corrected chi connectivity index (χ3v) is 4.46. The van der Waals surface area contributed by atoms with Gasteiger partial charge in [0.15, 0.2) is 0 Å². The number of carbonyl (C=O) groups excluding carboxylic acids is 1. The summed E-state index contributed by atoms with van der Waals surface area (Å²) >= 11 is 0. The summed E-state index contributed by atoms with van der Waals surface area (Å²) in [6.45, 7) is 5.11. The van der Waals surface area contributed by atoms with Crippen LogP contribution in [-0.2, 0) is 6.42 Å². The van der Waals surface area contributed by atoms with Crippen LogP contribution in [0.2, 0.25) is 0 Å².